The minimum Gasteiger partial charge on any atom is -0.724 e. The third-order valence-electron chi connectivity index (χ3n) is 5.07. The van der Waals surface area contributed by atoms with E-state index in [9.17, 15) is 40.5 Å². The van der Waals surface area contributed by atoms with Gasteiger partial charge in [-0.15, -0.1) is 0 Å². The van der Waals surface area contributed by atoms with Crippen molar-refractivity contribution in [3.63, 3.8) is 0 Å². The number of hydrogen-bond donors (Lipinski definition) is 3. The van der Waals surface area contributed by atoms with Crippen molar-refractivity contribution in [2.24, 2.45) is 0 Å². The average Bonchev–Trinajstić information content (AvgIpc) is 3.18. The van der Waals surface area contributed by atoms with Crippen LogP contribution in [-0.2, 0) is 29.1 Å². The molecule has 3 heterocycles. The van der Waals surface area contributed by atoms with E-state index in [1.54, 1.807) is 0 Å². The number of halogens is 3. The average molecular weight is 497 g/mol. The maximum atomic E-state index is 12.3. The first-order valence-electron chi connectivity index (χ1n) is 9.13. The third kappa shape index (κ3) is 6.66. The second-order valence-corrected chi connectivity index (χ2v) is 8.24. The van der Waals surface area contributed by atoms with Crippen LogP contribution >= 0.6 is 0 Å². The van der Waals surface area contributed by atoms with Crippen LogP contribution in [0, 0.1) is 0 Å². The number of nitrogens with one attached hydrogen (secondary N) is 3. The molecule has 13 nitrogen and oxygen atoms in total. The van der Waals surface area contributed by atoms with Crippen LogP contribution in [-0.4, -0.2) is 90.8 Å². The van der Waals surface area contributed by atoms with E-state index in [1.165, 1.54) is 0 Å². The molecule has 3 rings (SSSR count). The van der Waals surface area contributed by atoms with Crippen LogP contribution in [0.5, 0.6) is 0 Å². The summed E-state index contributed by atoms with van der Waals surface area (Å²) < 4.78 is 73.3. The van der Waals surface area contributed by atoms with Crippen LogP contribution in [0.4, 0.5) is 18.0 Å². The number of hydroxylamine groups is 3. The molecular formula is C14H19F3N5NaO8S. The van der Waals surface area contributed by atoms with Crippen molar-refractivity contribution in [1.82, 2.24) is 26.1 Å². The molecule has 32 heavy (non-hydrogen) atoms. The summed E-state index contributed by atoms with van der Waals surface area (Å²) in [6.07, 6.45) is -4.46. The molecule has 176 valence electrons. The zero-order chi connectivity index (χ0) is 23.0. The van der Waals surface area contributed by atoms with Gasteiger partial charge in [-0.1, -0.05) is 0 Å². The van der Waals surface area contributed by atoms with Crippen LogP contribution in [0.1, 0.15) is 19.3 Å². The van der Waals surface area contributed by atoms with Crippen molar-refractivity contribution in [3.8, 4) is 0 Å². The van der Waals surface area contributed by atoms with E-state index in [0.717, 1.165) is 4.90 Å². The van der Waals surface area contributed by atoms with Gasteiger partial charge in [-0.25, -0.2) is 18.7 Å². The van der Waals surface area contributed by atoms with Gasteiger partial charge in [0.25, 0.3) is 5.91 Å². The van der Waals surface area contributed by atoms with E-state index in [0.29, 0.717) is 5.06 Å². The number of carbonyl (C=O) groups is 3. The van der Waals surface area contributed by atoms with E-state index in [4.69, 9.17) is 4.84 Å². The molecule has 3 aliphatic rings. The van der Waals surface area contributed by atoms with Crippen LogP contribution < -0.4 is 45.7 Å². The molecule has 3 saturated heterocycles. The Kier molecular flexibility index (Phi) is 8.76. The molecule has 4 atom stereocenters. The molecule has 2 bridgehead atoms. The number of hydrogen-bond acceptors (Lipinski definition) is 9. The Balaban J connectivity index is 0.00000363. The van der Waals surface area contributed by atoms with Crippen molar-refractivity contribution >= 4 is 28.2 Å². The number of alkyl halides is 3. The van der Waals surface area contributed by atoms with Crippen LogP contribution in [0.2, 0.25) is 0 Å². The third-order valence-corrected chi connectivity index (χ3v) is 5.41. The monoisotopic (exact) mass is 497 g/mol. The number of amides is 4. The van der Waals surface area contributed by atoms with Gasteiger partial charge in [0.1, 0.15) is 6.04 Å². The van der Waals surface area contributed by atoms with Crippen molar-refractivity contribution in [1.29, 1.82) is 0 Å². The summed E-state index contributed by atoms with van der Waals surface area (Å²) in [6, 6.07) is -3.80. The maximum absolute atomic E-state index is 12.3. The molecule has 0 radical (unpaired) electrons. The second-order valence-electron chi connectivity index (χ2n) is 7.28. The van der Waals surface area contributed by atoms with E-state index in [-0.39, 0.29) is 68.5 Å². The molecule has 0 aromatic carbocycles. The maximum Gasteiger partial charge on any atom is 1.00 e. The first-order chi connectivity index (χ1) is 14.3. The minimum absolute atomic E-state index is 0. The quantitative estimate of drug-likeness (QED) is 0.135. The summed E-state index contributed by atoms with van der Waals surface area (Å²) in [6.45, 7) is -0.0389. The van der Waals surface area contributed by atoms with Gasteiger partial charge in [-0.3, -0.25) is 14.4 Å². The van der Waals surface area contributed by atoms with E-state index >= 15 is 0 Å². The molecular weight excluding hydrogens is 478 g/mol. The Morgan fingerprint density at radius 3 is 2.59 bits per heavy atom. The first-order valence-corrected chi connectivity index (χ1v) is 10.5. The van der Waals surface area contributed by atoms with Crippen LogP contribution in [0.25, 0.3) is 0 Å². The predicted molar refractivity (Wildman–Crippen MR) is 90.0 cm³/mol. The smallest absolute Gasteiger partial charge is 0.724 e. The van der Waals surface area contributed by atoms with Crippen molar-refractivity contribution in [3.05, 3.63) is 0 Å². The standard InChI is InChI=1S/C14H20F3N5O8S.Na/c15-14(16,17)12(24)19-7-3-8(18-4-7)6-29-20-11(23)10-2-1-9-5-21(10)13(25)22(9)30-31(26,27)28;/h7-10,18H,1-6H2,(H,19,24)(H,20,23)(H,26,27,28);/q;+1/p-1/t7-,8+,9-,10+;/m1./s1. The molecule has 0 aliphatic carbocycles. The topological polar surface area (TPSA) is 169 Å². The second kappa shape index (κ2) is 10.4. The first kappa shape index (κ1) is 27.0. The fraction of sp³-hybridized carbons (Fsp3) is 0.786. The summed E-state index contributed by atoms with van der Waals surface area (Å²) >= 11 is 0. The zero-order valence-corrected chi connectivity index (χ0v) is 19.6. The van der Waals surface area contributed by atoms with Gasteiger partial charge < -0.3 is 20.1 Å². The Bertz CT molecular complexity index is 847. The van der Waals surface area contributed by atoms with Crippen LogP contribution in [0.3, 0.4) is 0 Å². The summed E-state index contributed by atoms with van der Waals surface area (Å²) in [5.74, 6) is -2.73. The van der Waals surface area contributed by atoms with E-state index in [2.05, 4.69) is 15.1 Å². The van der Waals surface area contributed by atoms with Crippen LogP contribution in [0.15, 0.2) is 0 Å². The van der Waals surface area contributed by atoms with Gasteiger partial charge in [-0.05, 0) is 19.3 Å². The summed E-state index contributed by atoms with van der Waals surface area (Å²) in [7, 11) is -5.15. The number of fused-ring (bicyclic) bond motifs is 2. The largest absolute Gasteiger partial charge is 1.00 e. The fourth-order valence-corrected chi connectivity index (χ4v) is 4.09. The normalized spacial score (nSPS) is 27.8. The Labute approximate surface area is 202 Å². The van der Waals surface area contributed by atoms with Gasteiger partial charge in [0.2, 0.25) is 10.4 Å². The van der Waals surface area contributed by atoms with Gasteiger partial charge in [-0.2, -0.15) is 22.5 Å². The van der Waals surface area contributed by atoms with Crippen molar-refractivity contribution in [2.45, 2.75) is 49.6 Å². The van der Waals surface area contributed by atoms with Gasteiger partial charge in [0.15, 0.2) is 0 Å². The van der Waals surface area contributed by atoms with Crippen molar-refractivity contribution < 1.29 is 79.2 Å². The molecule has 0 unspecified atom stereocenters. The Morgan fingerprint density at radius 2 is 1.97 bits per heavy atom. The molecule has 3 N–H and O–H groups in total. The molecule has 18 heteroatoms. The Hall–Kier alpha value is -1.21. The SMILES string of the molecule is O=C(NOC[C@@H]1C[C@@H](NC(=O)C(F)(F)F)CN1)[C@@H]1CC[C@@H]2CN1C(=O)N2OS(=O)(=O)[O-].[Na+]. The number of urea groups is 1. The van der Waals surface area contributed by atoms with E-state index < -0.39 is 58.6 Å². The van der Waals surface area contributed by atoms with E-state index in [1.807, 2.05) is 5.32 Å². The number of nitrogens with zero attached hydrogens (tertiary/aromatic N) is 2. The zero-order valence-electron chi connectivity index (χ0n) is 16.8. The molecule has 0 aromatic rings. The number of carbonyl (C=O) groups excluding carboxylic acids is 3. The fourth-order valence-electron chi connectivity index (χ4n) is 3.71. The van der Waals surface area contributed by atoms with Gasteiger partial charge >= 0.3 is 47.7 Å². The van der Waals surface area contributed by atoms with Gasteiger partial charge in [0.05, 0.1) is 12.6 Å². The summed E-state index contributed by atoms with van der Waals surface area (Å²) in [5, 5.41) is 5.13. The summed E-state index contributed by atoms with van der Waals surface area (Å²) in [4.78, 5) is 41.7. The molecule has 0 aromatic heterocycles. The van der Waals surface area contributed by atoms with Gasteiger partial charge in [0, 0.05) is 25.2 Å². The molecule has 0 spiro atoms. The van der Waals surface area contributed by atoms with Crippen molar-refractivity contribution in [2.75, 3.05) is 19.7 Å². The number of rotatable bonds is 7. The molecule has 4 amide bonds. The number of piperidine rings is 1. The molecule has 0 saturated carbocycles. The molecule has 3 aliphatic heterocycles. The Morgan fingerprint density at radius 1 is 1.28 bits per heavy atom. The minimum atomic E-state index is -5.15. The summed E-state index contributed by atoms with van der Waals surface area (Å²) in [5.41, 5.74) is 2.15. The molecule has 3 fully saturated rings. The predicted octanol–water partition coefficient (Wildman–Crippen LogP) is -4.89.